The molecule has 5 nitrogen and oxygen atoms in total. The summed E-state index contributed by atoms with van der Waals surface area (Å²) < 4.78 is 5.72. The van der Waals surface area contributed by atoms with Crippen molar-refractivity contribution in [2.24, 2.45) is 5.73 Å². The molecule has 0 aliphatic heterocycles. The van der Waals surface area contributed by atoms with Crippen LogP contribution in [-0.4, -0.2) is 28.4 Å². The summed E-state index contributed by atoms with van der Waals surface area (Å²) in [7, 11) is 0. The standard InChI is InChI=1S/C12H17BrN2O3/c1-12(2,18-11(14)17)6-9(7-16)8-3-4-15-10(13)5-8/h3-5,9,16H,6-7H2,1-2H3,(H2,14,17). The molecular formula is C12H17BrN2O3. The van der Waals surface area contributed by atoms with Crippen LogP contribution >= 0.6 is 15.9 Å². The van der Waals surface area contributed by atoms with E-state index in [1.54, 1.807) is 20.0 Å². The third kappa shape index (κ3) is 4.62. The van der Waals surface area contributed by atoms with Gasteiger partial charge >= 0.3 is 6.09 Å². The molecule has 0 radical (unpaired) electrons. The van der Waals surface area contributed by atoms with E-state index in [0.29, 0.717) is 11.0 Å². The normalized spacial score (nSPS) is 13.1. The summed E-state index contributed by atoms with van der Waals surface area (Å²) in [5.41, 5.74) is 5.22. The third-order valence-electron chi connectivity index (χ3n) is 2.56. The molecule has 1 heterocycles. The first-order valence-corrected chi connectivity index (χ1v) is 6.34. The van der Waals surface area contributed by atoms with Gasteiger partial charge in [-0.15, -0.1) is 0 Å². The van der Waals surface area contributed by atoms with Crippen LogP contribution in [0.5, 0.6) is 0 Å². The highest BCUT2D eigenvalue weighted by Gasteiger charge is 2.27. The van der Waals surface area contributed by atoms with Crippen LogP contribution in [0.3, 0.4) is 0 Å². The zero-order valence-corrected chi connectivity index (χ0v) is 12.0. The van der Waals surface area contributed by atoms with Crippen LogP contribution in [0, 0.1) is 0 Å². The topological polar surface area (TPSA) is 85.4 Å². The van der Waals surface area contributed by atoms with Crippen LogP contribution in [0.2, 0.25) is 0 Å². The molecule has 6 heteroatoms. The third-order valence-corrected chi connectivity index (χ3v) is 2.99. The quantitative estimate of drug-likeness (QED) is 0.815. The molecule has 1 amide bonds. The maximum atomic E-state index is 10.8. The zero-order valence-electron chi connectivity index (χ0n) is 10.4. The minimum atomic E-state index is -0.812. The lowest BCUT2D eigenvalue weighted by Crippen LogP contribution is -2.33. The molecule has 0 fully saturated rings. The molecule has 0 aromatic carbocycles. The van der Waals surface area contributed by atoms with Crippen molar-refractivity contribution in [2.75, 3.05) is 6.61 Å². The molecular weight excluding hydrogens is 300 g/mol. The van der Waals surface area contributed by atoms with Crippen LogP contribution in [-0.2, 0) is 4.74 Å². The Hall–Kier alpha value is -1.14. The van der Waals surface area contributed by atoms with E-state index in [1.807, 2.05) is 12.1 Å². The molecule has 1 aromatic rings. The van der Waals surface area contributed by atoms with E-state index in [1.165, 1.54) is 0 Å². The Bertz CT molecular complexity index is 424. The van der Waals surface area contributed by atoms with Crippen molar-refractivity contribution in [2.45, 2.75) is 31.8 Å². The minimum Gasteiger partial charge on any atom is -0.444 e. The number of aliphatic hydroxyl groups excluding tert-OH is 1. The molecule has 1 aromatic heterocycles. The Morgan fingerprint density at radius 2 is 2.33 bits per heavy atom. The van der Waals surface area contributed by atoms with Gasteiger partial charge in [-0.3, -0.25) is 0 Å². The number of aliphatic hydroxyl groups is 1. The Labute approximate surface area is 114 Å². The molecule has 0 aliphatic rings. The summed E-state index contributed by atoms with van der Waals surface area (Å²) >= 11 is 3.28. The highest BCUT2D eigenvalue weighted by Crippen LogP contribution is 2.28. The largest absolute Gasteiger partial charge is 0.444 e. The Morgan fingerprint density at radius 1 is 1.67 bits per heavy atom. The number of rotatable bonds is 5. The molecule has 0 bridgehead atoms. The lowest BCUT2D eigenvalue weighted by atomic mass is 9.89. The fourth-order valence-corrected chi connectivity index (χ4v) is 2.25. The molecule has 18 heavy (non-hydrogen) atoms. The van der Waals surface area contributed by atoms with Gasteiger partial charge in [-0.05, 0) is 53.9 Å². The van der Waals surface area contributed by atoms with Crippen LogP contribution in [0.15, 0.2) is 22.9 Å². The van der Waals surface area contributed by atoms with E-state index in [2.05, 4.69) is 20.9 Å². The second kappa shape index (κ2) is 6.15. The molecule has 0 spiro atoms. The maximum Gasteiger partial charge on any atom is 0.405 e. The number of halogens is 1. The van der Waals surface area contributed by atoms with Gasteiger partial charge in [0, 0.05) is 12.1 Å². The van der Waals surface area contributed by atoms with E-state index in [4.69, 9.17) is 10.5 Å². The molecule has 1 rings (SSSR count). The van der Waals surface area contributed by atoms with Crippen molar-refractivity contribution < 1.29 is 14.6 Å². The Balaban J connectivity index is 2.82. The predicted molar refractivity (Wildman–Crippen MR) is 71.1 cm³/mol. The number of amides is 1. The number of aromatic nitrogens is 1. The number of pyridine rings is 1. The monoisotopic (exact) mass is 316 g/mol. The second-order valence-electron chi connectivity index (χ2n) is 4.68. The van der Waals surface area contributed by atoms with Crippen molar-refractivity contribution >= 4 is 22.0 Å². The first-order valence-electron chi connectivity index (χ1n) is 5.55. The first kappa shape index (κ1) is 14.9. The van der Waals surface area contributed by atoms with E-state index >= 15 is 0 Å². The summed E-state index contributed by atoms with van der Waals surface area (Å²) in [6, 6.07) is 3.66. The average Bonchev–Trinajstić information content (AvgIpc) is 2.24. The zero-order chi connectivity index (χ0) is 13.8. The first-order chi connectivity index (χ1) is 8.34. The number of carbonyl (C=O) groups excluding carboxylic acids is 1. The van der Waals surface area contributed by atoms with Crippen LogP contribution in [0.25, 0.3) is 0 Å². The van der Waals surface area contributed by atoms with Gasteiger partial charge in [-0.25, -0.2) is 9.78 Å². The van der Waals surface area contributed by atoms with Crippen LogP contribution in [0.4, 0.5) is 4.79 Å². The van der Waals surface area contributed by atoms with Crippen molar-refractivity contribution in [3.8, 4) is 0 Å². The maximum absolute atomic E-state index is 10.8. The highest BCUT2D eigenvalue weighted by molar-refractivity contribution is 9.10. The summed E-state index contributed by atoms with van der Waals surface area (Å²) in [6.45, 7) is 3.48. The minimum absolute atomic E-state index is 0.0397. The number of hydrogen-bond donors (Lipinski definition) is 2. The Kier molecular flexibility index (Phi) is 5.10. The Morgan fingerprint density at radius 3 is 2.83 bits per heavy atom. The molecule has 0 saturated carbocycles. The molecule has 3 N–H and O–H groups in total. The average molecular weight is 317 g/mol. The van der Waals surface area contributed by atoms with E-state index in [9.17, 15) is 9.90 Å². The summed E-state index contributed by atoms with van der Waals surface area (Å²) in [5, 5.41) is 9.46. The van der Waals surface area contributed by atoms with Gasteiger partial charge in [-0.1, -0.05) is 0 Å². The van der Waals surface area contributed by atoms with Crippen LogP contribution < -0.4 is 5.73 Å². The number of nitrogens with two attached hydrogens (primary N) is 1. The fraction of sp³-hybridized carbons (Fsp3) is 0.500. The number of nitrogens with zero attached hydrogens (tertiary/aromatic N) is 1. The van der Waals surface area contributed by atoms with Crippen molar-refractivity contribution in [1.29, 1.82) is 0 Å². The predicted octanol–water partition coefficient (Wildman–Crippen LogP) is 2.18. The van der Waals surface area contributed by atoms with Gasteiger partial charge in [0.05, 0.1) is 6.61 Å². The molecule has 1 unspecified atom stereocenters. The fourth-order valence-electron chi connectivity index (χ4n) is 1.87. The van der Waals surface area contributed by atoms with Gasteiger partial charge < -0.3 is 15.6 Å². The van der Waals surface area contributed by atoms with Crippen molar-refractivity contribution in [3.63, 3.8) is 0 Å². The van der Waals surface area contributed by atoms with Gasteiger partial charge in [0.25, 0.3) is 0 Å². The van der Waals surface area contributed by atoms with Gasteiger partial charge in [-0.2, -0.15) is 0 Å². The number of ether oxygens (including phenoxy) is 1. The van der Waals surface area contributed by atoms with Crippen LogP contribution in [0.1, 0.15) is 31.7 Å². The van der Waals surface area contributed by atoms with Gasteiger partial charge in [0.15, 0.2) is 0 Å². The van der Waals surface area contributed by atoms with Gasteiger partial charge in [0.2, 0.25) is 0 Å². The summed E-state index contributed by atoms with van der Waals surface area (Å²) in [4.78, 5) is 14.8. The number of hydrogen-bond acceptors (Lipinski definition) is 4. The van der Waals surface area contributed by atoms with E-state index in [0.717, 1.165) is 5.56 Å². The lowest BCUT2D eigenvalue weighted by Gasteiger charge is -2.28. The number of primary amides is 1. The summed E-state index contributed by atoms with van der Waals surface area (Å²) in [6.07, 6.45) is 1.32. The van der Waals surface area contributed by atoms with Crippen molar-refractivity contribution in [1.82, 2.24) is 4.98 Å². The molecule has 1 atom stereocenters. The smallest absolute Gasteiger partial charge is 0.405 e. The van der Waals surface area contributed by atoms with Crippen molar-refractivity contribution in [3.05, 3.63) is 28.5 Å². The molecule has 0 aliphatic carbocycles. The van der Waals surface area contributed by atoms with E-state index < -0.39 is 11.7 Å². The highest BCUT2D eigenvalue weighted by atomic mass is 79.9. The summed E-state index contributed by atoms with van der Waals surface area (Å²) in [5.74, 6) is -0.140. The van der Waals surface area contributed by atoms with Gasteiger partial charge in [0.1, 0.15) is 10.2 Å². The SMILES string of the molecule is CC(C)(CC(CO)c1ccnc(Br)c1)OC(N)=O. The molecule has 100 valence electrons. The van der Waals surface area contributed by atoms with E-state index in [-0.39, 0.29) is 12.5 Å². The second-order valence-corrected chi connectivity index (χ2v) is 5.49. The lowest BCUT2D eigenvalue weighted by molar-refractivity contribution is 0.0285. The molecule has 0 saturated heterocycles. The number of carbonyl (C=O) groups is 1.